The maximum Gasteiger partial charge on any atom is 0.222 e. The van der Waals surface area contributed by atoms with Crippen molar-refractivity contribution in [2.75, 3.05) is 23.5 Å². The fourth-order valence-electron chi connectivity index (χ4n) is 3.03. The predicted molar refractivity (Wildman–Crippen MR) is 120 cm³/mol. The van der Waals surface area contributed by atoms with Gasteiger partial charge in [0.1, 0.15) is 17.4 Å². The highest BCUT2D eigenvalue weighted by Gasteiger charge is 2.23. The summed E-state index contributed by atoms with van der Waals surface area (Å²) in [6.07, 6.45) is 6.72. The number of pyridine rings is 2. The summed E-state index contributed by atoms with van der Waals surface area (Å²) in [5.41, 5.74) is 1.86. The molecular formula is C21H24N6O4S. The van der Waals surface area contributed by atoms with Gasteiger partial charge >= 0.3 is 0 Å². The fraction of sp³-hybridized carbons (Fsp3) is 0.333. The van der Waals surface area contributed by atoms with E-state index >= 15 is 0 Å². The molecule has 0 radical (unpaired) electrons. The molecule has 10 nitrogen and oxygen atoms in total. The van der Waals surface area contributed by atoms with Crippen LogP contribution in [-0.4, -0.2) is 46.9 Å². The lowest BCUT2D eigenvalue weighted by Gasteiger charge is -2.14. The highest BCUT2D eigenvalue weighted by atomic mass is 32.2. The highest BCUT2D eigenvalue weighted by molar-refractivity contribution is 7.90. The Kier molecular flexibility index (Phi) is 5.83. The molecule has 0 unspecified atom stereocenters. The Morgan fingerprint density at radius 3 is 2.66 bits per heavy atom. The van der Waals surface area contributed by atoms with E-state index in [2.05, 4.69) is 25.7 Å². The van der Waals surface area contributed by atoms with Crippen molar-refractivity contribution in [1.29, 1.82) is 0 Å². The minimum Gasteiger partial charge on any atom is -0.493 e. The summed E-state index contributed by atoms with van der Waals surface area (Å²) >= 11 is 0. The summed E-state index contributed by atoms with van der Waals surface area (Å²) in [5.74, 6) is 1.30. The van der Waals surface area contributed by atoms with Crippen molar-refractivity contribution in [3.05, 3.63) is 36.7 Å². The molecule has 11 heteroatoms. The molecule has 1 fully saturated rings. The second kappa shape index (κ2) is 8.58. The van der Waals surface area contributed by atoms with Gasteiger partial charge in [-0.1, -0.05) is 0 Å². The number of ether oxygens (including phenoxy) is 1. The Morgan fingerprint density at radius 2 is 2.03 bits per heavy atom. The molecule has 2 N–H and O–H groups in total. The number of anilines is 3. The second-order valence-electron chi connectivity index (χ2n) is 7.85. The number of carbonyl (C=O) groups is 1. The van der Waals surface area contributed by atoms with Crippen molar-refractivity contribution in [1.82, 2.24) is 19.7 Å². The lowest BCUT2D eigenvalue weighted by molar-refractivity contribution is -0.114. The van der Waals surface area contributed by atoms with Gasteiger partial charge in [-0.15, -0.1) is 0 Å². The predicted octanol–water partition coefficient (Wildman–Crippen LogP) is 2.77. The first-order chi connectivity index (χ1) is 15.2. The third kappa shape index (κ3) is 5.41. The standard InChI is InChI=1S/C21H24N6O4S/c1-13(28)23-19-10-18(16(11-22-19)17-6-7-27(2)26-17)24-20-8-15(31-12-14-4-5-14)9-21(25-20)32(3,29)30/h6-11,14H,4-5,12H2,1-3H3,(H2,22,23,24,25,28). The van der Waals surface area contributed by atoms with Crippen molar-refractivity contribution in [2.45, 2.75) is 24.8 Å². The Labute approximate surface area is 186 Å². The molecule has 0 atom stereocenters. The summed E-state index contributed by atoms with van der Waals surface area (Å²) in [4.78, 5) is 20.0. The van der Waals surface area contributed by atoms with Crippen LogP contribution in [0.3, 0.4) is 0 Å². The van der Waals surface area contributed by atoms with E-state index in [1.807, 2.05) is 6.07 Å². The molecule has 1 amide bonds. The SMILES string of the molecule is CC(=O)Nc1cc(Nc2cc(OCC3CC3)cc(S(C)(=O)=O)n2)c(-c2ccn(C)n2)cn1. The number of sulfone groups is 1. The zero-order valence-electron chi connectivity index (χ0n) is 18.0. The lowest BCUT2D eigenvalue weighted by Crippen LogP contribution is -2.09. The number of hydrogen-bond donors (Lipinski definition) is 2. The number of nitrogens with zero attached hydrogens (tertiary/aromatic N) is 4. The monoisotopic (exact) mass is 456 g/mol. The first-order valence-corrected chi connectivity index (χ1v) is 12.0. The third-order valence-corrected chi connectivity index (χ3v) is 5.77. The van der Waals surface area contributed by atoms with Crippen LogP contribution in [-0.2, 0) is 21.7 Å². The molecule has 0 saturated heterocycles. The molecule has 168 valence electrons. The van der Waals surface area contributed by atoms with Gasteiger partial charge in [0.15, 0.2) is 14.9 Å². The molecule has 3 aromatic rings. The normalized spacial score (nSPS) is 13.6. The van der Waals surface area contributed by atoms with E-state index in [-0.39, 0.29) is 16.8 Å². The summed E-state index contributed by atoms with van der Waals surface area (Å²) < 4.78 is 31.9. The zero-order chi connectivity index (χ0) is 22.9. The Bertz CT molecular complexity index is 1270. The van der Waals surface area contributed by atoms with Crippen LogP contribution in [0.15, 0.2) is 41.7 Å². The van der Waals surface area contributed by atoms with E-state index in [9.17, 15) is 13.2 Å². The minimum atomic E-state index is -3.56. The molecular weight excluding hydrogens is 432 g/mol. The third-order valence-electron chi connectivity index (χ3n) is 4.80. The van der Waals surface area contributed by atoms with Gasteiger partial charge in [-0.3, -0.25) is 9.48 Å². The first-order valence-electron chi connectivity index (χ1n) is 10.1. The molecule has 1 saturated carbocycles. The van der Waals surface area contributed by atoms with E-state index in [0.29, 0.717) is 41.0 Å². The van der Waals surface area contributed by atoms with Crippen LogP contribution in [0.4, 0.5) is 17.3 Å². The van der Waals surface area contributed by atoms with Gasteiger partial charge in [-0.05, 0) is 24.8 Å². The van der Waals surface area contributed by atoms with Crippen LogP contribution in [0, 0.1) is 5.92 Å². The van der Waals surface area contributed by atoms with Gasteiger partial charge in [0, 0.05) is 56.4 Å². The summed E-state index contributed by atoms with van der Waals surface area (Å²) in [6, 6.07) is 6.55. The van der Waals surface area contributed by atoms with Crippen molar-refractivity contribution < 1.29 is 17.9 Å². The molecule has 0 aliphatic heterocycles. The van der Waals surface area contributed by atoms with Crippen LogP contribution in [0.2, 0.25) is 0 Å². The number of aromatic nitrogens is 4. The molecule has 1 aliphatic carbocycles. The number of nitrogens with one attached hydrogen (secondary N) is 2. The zero-order valence-corrected chi connectivity index (χ0v) is 18.8. The van der Waals surface area contributed by atoms with E-state index in [4.69, 9.17) is 4.74 Å². The molecule has 4 rings (SSSR count). The number of carbonyl (C=O) groups excluding carboxylic acids is 1. The number of amides is 1. The van der Waals surface area contributed by atoms with E-state index in [0.717, 1.165) is 19.1 Å². The number of rotatable bonds is 8. The van der Waals surface area contributed by atoms with Gasteiger partial charge in [-0.25, -0.2) is 18.4 Å². The van der Waals surface area contributed by atoms with Gasteiger partial charge in [0.05, 0.1) is 18.0 Å². The van der Waals surface area contributed by atoms with Gasteiger partial charge in [-0.2, -0.15) is 5.10 Å². The highest BCUT2D eigenvalue weighted by Crippen LogP contribution is 2.33. The van der Waals surface area contributed by atoms with Gasteiger partial charge < -0.3 is 15.4 Å². The van der Waals surface area contributed by atoms with E-state index in [1.54, 1.807) is 36.3 Å². The summed E-state index contributed by atoms with van der Waals surface area (Å²) in [7, 11) is -1.76. The lowest BCUT2D eigenvalue weighted by atomic mass is 10.1. The van der Waals surface area contributed by atoms with Crippen molar-refractivity contribution in [3.63, 3.8) is 0 Å². The fourth-order valence-corrected chi connectivity index (χ4v) is 3.62. The van der Waals surface area contributed by atoms with Crippen LogP contribution >= 0.6 is 0 Å². The molecule has 0 spiro atoms. The van der Waals surface area contributed by atoms with E-state index < -0.39 is 9.84 Å². The molecule has 0 bridgehead atoms. The first kappa shape index (κ1) is 21.8. The topological polar surface area (TPSA) is 128 Å². The molecule has 3 heterocycles. The molecule has 1 aliphatic rings. The van der Waals surface area contributed by atoms with E-state index in [1.165, 1.54) is 13.0 Å². The quantitative estimate of drug-likeness (QED) is 0.530. The summed E-state index contributed by atoms with van der Waals surface area (Å²) in [6.45, 7) is 1.93. The average molecular weight is 457 g/mol. The van der Waals surface area contributed by atoms with Crippen LogP contribution in [0.25, 0.3) is 11.3 Å². The van der Waals surface area contributed by atoms with Crippen LogP contribution in [0.1, 0.15) is 19.8 Å². The van der Waals surface area contributed by atoms with Crippen molar-refractivity contribution in [3.8, 4) is 17.0 Å². The van der Waals surface area contributed by atoms with Crippen LogP contribution < -0.4 is 15.4 Å². The largest absolute Gasteiger partial charge is 0.493 e. The Balaban J connectivity index is 1.73. The summed E-state index contributed by atoms with van der Waals surface area (Å²) in [5, 5.41) is 10.1. The molecule has 32 heavy (non-hydrogen) atoms. The maximum absolute atomic E-state index is 12.2. The Morgan fingerprint density at radius 1 is 1.25 bits per heavy atom. The number of aryl methyl sites for hydroxylation is 1. The van der Waals surface area contributed by atoms with Crippen molar-refractivity contribution in [2.24, 2.45) is 13.0 Å². The smallest absolute Gasteiger partial charge is 0.222 e. The average Bonchev–Trinajstić information content (AvgIpc) is 3.44. The molecule has 0 aromatic carbocycles. The Hall–Kier alpha value is -3.47. The van der Waals surface area contributed by atoms with Crippen molar-refractivity contribution >= 4 is 33.1 Å². The minimum absolute atomic E-state index is 0.0937. The van der Waals surface area contributed by atoms with Gasteiger partial charge in [0.2, 0.25) is 5.91 Å². The van der Waals surface area contributed by atoms with Gasteiger partial charge in [0.25, 0.3) is 0 Å². The molecule has 3 aromatic heterocycles. The number of hydrogen-bond acceptors (Lipinski definition) is 8. The maximum atomic E-state index is 12.2. The van der Waals surface area contributed by atoms with Crippen LogP contribution in [0.5, 0.6) is 5.75 Å². The second-order valence-corrected chi connectivity index (χ2v) is 9.81.